The molecule has 5 heteroatoms. The van der Waals surface area contributed by atoms with Crippen molar-refractivity contribution >= 4 is 11.6 Å². The molecule has 0 radical (unpaired) electrons. The zero-order chi connectivity index (χ0) is 16.1. The fraction of sp³-hybridized carbons (Fsp3) is 0.647. The van der Waals surface area contributed by atoms with Crippen LogP contribution < -0.4 is 4.74 Å². The molecule has 0 unspecified atom stereocenters. The van der Waals surface area contributed by atoms with Gasteiger partial charge < -0.3 is 14.7 Å². The molecule has 0 amide bonds. The number of piperidine rings is 1. The van der Waals surface area contributed by atoms with Crippen LogP contribution in [0.2, 0.25) is 5.02 Å². The second-order valence-electron chi connectivity index (χ2n) is 6.58. The Morgan fingerprint density at radius 1 is 1.32 bits per heavy atom. The van der Waals surface area contributed by atoms with Gasteiger partial charge in [0.05, 0.1) is 12.1 Å². The molecular formula is C17H27ClN2O2. The number of nitrogens with zero attached hydrogens (tertiary/aromatic N) is 2. The van der Waals surface area contributed by atoms with Crippen LogP contribution >= 0.6 is 11.6 Å². The number of aliphatic hydroxyl groups is 1. The summed E-state index contributed by atoms with van der Waals surface area (Å²) in [5.74, 6) is 1.69. The standard InChI is InChI=1S/C17H27ClN2O2/c1-19(2)8-14-6-15(12-21)11-20(10-14)9-13-4-5-17(22-3)16(18)7-13/h4-5,7,14-15,21H,6,8-12H2,1-3H3/t14-,15+/m1/s1. The van der Waals surface area contributed by atoms with Gasteiger partial charge in [-0.2, -0.15) is 0 Å². The lowest BCUT2D eigenvalue weighted by Gasteiger charge is -2.38. The largest absolute Gasteiger partial charge is 0.495 e. The SMILES string of the molecule is COc1ccc(CN2C[C@@H](CN(C)C)C[C@H](CO)C2)cc1Cl. The normalized spacial score (nSPS) is 23.0. The van der Waals surface area contributed by atoms with E-state index in [-0.39, 0.29) is 6.61 Å². The first-order valence-corrected chi connectivity index (χ1v) is 8.20. The molecule has 1 saturated heterocycles. The predicted octanol–water partition coefficient (Wildman–Crippen LogP) is 2.34. The minimum atomic E-state index is 0.268. The summed E-state index contributed by atoms with van der Waals surface area (Å²) in [6.45, 7) is 4.21. The summed E-state index contributed by atoms with van der Waals surface area (Å²) >= 11 is 6.21. The van der Waals surface area contributed by atoms with Crippen molar-refractivity contribution in [1.82, 2.24) is 9.80 Å². The van der Waals surface area contributed by atoms with E-state index in [2.05, 4.69) is 30.0 Å². The van der Waals surface area contributed by atoms with Crippen LogP contribution in [0.1, 0.15) is 12.0 Å². The number of ether oxygens (including phenoxy) is 1. The van der Waals surface area contributed by atoms with E-state index >= 15 is 0 Å². The molecule has 1 aliphatic heterocycles. The van der Waals surface area contributed by atoms with E-state index in [0.717, 1.165) is 32.6 Å². The summed E-state index contributed by atoms with van der Waals surface area (Å²) in [4.78, 5) is 4.66. The first-order valence-electron chi connectivity index (χ1n) is 7.82. The van der Waals surface area contributed by atoms with E-state index in [1.54, 1.807) is 7.11 Å². The van der Waals surface area contributed by atoms with Crippen molar-refractivity contribution in [3.8, 4) is 5.75 Å². The first-order chi connectivity index (χ1) is 10.5. The molecular weight excluding hydrogens is 300 g/mol. The highest BCUT2D eigenvalue weighted by molar-refractivity contribution is 6.32. The number of halogens is 1. The lowest BCUT2D eigenvalue weighted by Crippen LogP contribution is -2.44. The maximum atomic E-state index is 9.56. The highest BCUT2D eigenvalue weighted by atomic mass is 35.5. The van der Waals surface area contributed by atoms with Crippen LogP contribution in [-0.4, -0.2) is 62.4 Å². The average Bonchev–Trinajstić information content (AvgIpc) is 2.46. The van der Waals surface area contributed by atoms with Crippen molar-refractivity contribution in [3.63, 3.8) is 0 Å². The van der Waals surface area contributed by atoms with Crippen molar-refractivity contribution in [2.75, 3.05) is 47.4 Å². The van der Waals surface area contributed by atoms with Gasteiger partial charge in [-0.05, 0) is 50.0 Å². The molecule has 1 aliphatic rings. The first kappa shape index (κ1) is 17.5. The highest BCUT2D eigenvalue weighted by Gasteiger charge is 2.27. The van der Waals surface area contributed by atoms with Crippen molar-refractivity contribution in [1.29, 1.82) is 0 Å². The number of methoxy groups -OCH3 is 1. The predicted molar refractivity (Wildman–Crippen MR) is 90.5 cm³/mol. The zero-order valence-corrected chi connectivity index (χ0v) is 14.5. The van der Waals surface area contributed by atoms with Gasteiger partial charge in [-0.1, -0.05) is 17.7 Å². The Bertz CT molecular complexity index is 482. The van der Waals surface area contributed by atoms with Gasteiger partial charge in [0, 0.05) is 32.8 Å². The van der Waals surface area contributed by atoms with E-state index in [1.807, 2.05) is 12.1 Å². The van der Waals surface area contributed by atoms with Crippen LogP contribution in [0, 0.1) is 11.8 Å². The van der Waals surface area contributed by atoms with Gasteiger partial charge in [-0.25, -0.2) is 0 Å². The molecule has 124 valence electrons. The van der Waals surface area contributed by atoms with Crippen LogP contribution in [0.5, 0.6) is 5.75 Å². The Morgan fingerprint density at radius 2 is 2.05 bits per heavy atom. The quantitative estimate of drug-likeness (QED) is 0.870. The minimum Gasteiger partial charge on any atom is -0.495 e. The van der Waals surface area contributed by atoms with E-state index in [0.29, 0.717) is 22.6 Å². The van der Waals surface area contributed by atoms with Gasteiger partial charge in [0.1, 0.15) is 5.75 Å². The lowest BCUT2D eigenvalue weighted by atomic mass is 9.89. The van der Waals surface area contributed by atoms with Crippen LogP contribution in [-0.2, 0) is 6.54 Å². The van der Waals surface area contributed by atoms with Gasteiger partial charge in [0.25, 0.3) is 0 Å². The second kappa shape index (κ2) is 8.16. The number of aliphatic hydroxyl groups excluding tert-OH is 1. The van der Waals surface area contributed by atoms with Gasteiger partial charge in [0.15, 0.2) is 0 Å². The Kier molecular flexibility index (Phi) is 6.50. The molecule has 0 spiro atoms. The Morgan fingerprint density at radius 3 is 2.64 bits per heavy atom. The minimum absolute atomic E-state index is 0.268. The van der Waals surface area contributed by atoms with Crippen molar-refractivity contribution in [2.24, 2.45) is 11.8 Å². The van der Waals surface area contributed by atoms with Gasteiger partial charge >= 0.3 is 0 Å². The monoisotopic (exact) mass is 326 g/mol. The average molecular weight is 327 g/mol. The topological polar surface area (TPSA) is 35.9 Å². The van der Waals surface area contributed by atoms with Crippen LogP contribution in [0.4, 0.5) is 0 Å². The molecule has 2 atom stereocenters. The second-order valence-corrected chi connectivity index (χ2v) is 6.98. The van der Waals surface area contributed by atoms with Crippen LogP contribution in [0.15, 0.2) is 18.2 Å². The third kappa shape index (κ3) is 4.85. The fourth-order valence-corrected chi connectivity index (χ4v) is 3.68. The number of hydrogen-bond donors (Lipinski definition) is 1. The van der Waals surface area contributed by atoms with Crippen molar-refractivity contribution in [3.05, 3.63) is 28.8 Å². The fourth-order valence-electron chi connectivity index (χ4n) is 3.40. The zero-order valence-electron chi connectivity index (χ0n) is 13.8. The highest BCUT2D eigenvalue weighted by Crippen LogP contribution is 2.27. The molecule has 1 N–H and O–H groups in total. The number of rotatable bonds is 6. The summed E-state index contributed by atoms with van der Waals surface area (Å²) in [5, 5.41) is 10.2. The van der Waals surface area contributed by atoms with Crippen LogP contribution in [0.3, 0.4) is 0 Å². The Labute approximate surface area is 138 Å². The van der Waals surface area contributed by atoms with E-state index in [9.17, 15) is 5.11 Å². The molecule has 0 saturated carbocycles. The summed E-state index contributed by atoms with van der Waals surface area (Å²) in [6, 6.07) is 5.96. The summed E-state index contributed by atoms with van der Waals surface area (Å²) in [5.41, 5.74) is 1.19. The summed E-state index contributed by atoms with van der Waals surface area (Å²) in [6.07, 6.45) is 1.11. The molecule has 0 aromatic heterocycles. The molecule has 4 nitrogen and oxygen atoms in total. The molecule has 1 fully saturated rings. The maximum absolute atomic E-state index is 9.56. The van der Waals surface area contributed by atoms with Crippen LogP contribution in [0.25, 0.3) is 0 Å². The van der Waals surface area contributed by atoms with Crippen molar-refractivity contribution < 1.29 is 9.84 Å². The lowest BCUT2D eigenvalue weighted by molar-refractivity contribution is 0.0692. The molecule has 1 aromatic rings. The maximum Gasteiger partial charge on any atom is 0.137 e. The third-order valence-corrected chi connectivity index (χ3v) is 4.50. The molecule has 2 rings (SSSR count). The molecule has 0 aliphatic carbocycles. The molecule has 0 bridgehead atoms. The summed E-state index contributed by atoms with van der Waals surface area (Å²) in [7, 11) is 5.84. The van der Waals surface area contributed by atoms with Gasteiger partial charge in [-0.3, -0.25) is 4.90 Å². The number of hydrogen-bond acceptors (Lipinski definition) is 4. The molecule has 22 heavy (non-hydrogen) atoms. The number of benzene rings is 1. The molecule has 1 heterocycles. The van der Waals surface area contributed by atoms with Gasteiger partial charge in [-0.15, -0.1) is 0 Å². The van der Waals surface area contributed by atoms with E-state index in [1.165, 1.54) is 5.56 Å². The van der Waals surface area contributed by atoms with E-state index in [4.69, 9.17) is 16.3 Å². The third-order valence-electron chi connectivity index (χ3n) is 4.20. The van der Waals surface area contributed by atoms with Crippen molar-refractivity contribution in [2.45, 2.75) is 13.0 Å². The van der Waals surface area contributed by atoms with E-state index < -0.39 is 0 Å². The molecule has 1 aromatic carbocycles. The van der Waals surface area contributed by atoms with Gasteiger partial charge in [0.2, 0.25) is 0 Å². The number of likely N-dealkylation sites (tertiary alicyclic amines) is 1. The smallest absolute Gasteiger partial charge is 0.137 e. The Balaban J connectivity index is 2.02. The summed E-state index contributed by atoms with van der Waals surface area (Å²) < 4.78 is 5.20. The Hall–Kier alpha value is -0.810.